The minimum atomic E-state index is -0.587. The summed E-state index contributed by atoms with van der Waals surface area (Å²) in [6, 6.07) is 18.6. The molecule has 0 radical (unpaired) electrons. The van der Waals surface area contributed by atoms with Gasteiger partial charge in [-0.25, -0.2) is 4.79 Å². The van der Waals surface area contributed by atoms with Gasteiger partial charge in [-0.05, 0) is 46.5 Å². The Labute approximate surface area is 147 Å². The van der Waals surface area contributed by atoms with E-state index in [9.17, 15) is 4.79 Å². The zero-order valence-electron chi connectivity index (χ0n) is 13.2. The minimum absolute atomic E-state index is 0.0818. The maximum absolute atomic E-state index is 12.0. The molecule has 0 atom stereocenters. The highest BCUT2D eigenvalue weighted by Gasteiger charge is 2.19. The van der Waals surface area contributed by atoms with Crippen LogP contribution in [0.25, 0.3) is 5.69 Å². The normalized spacial score (nSPS) is 11.2. The molecule has 3 aromatic rings. The lowest BCUT2D eigenvalue weighted by Crippen LogP contribution is -2.15. The van der Waals surface area contributed by atoms with Crippen molar-refractivity contribution in [2.45, 2.75) is 5.16 Å². The number of esters is 1. The molecule has 25 heavy (non-hydrogen) atoms. The summed E-state index contributed by atoms with van der Waals surface area (Å²) in [6.45, 7) is 0. The van der Waals surface area contributed by atoms with Gasteiger partial charge in [0.25, 0.3) is 0 Å². The monoisotopic (exact) mass is 354 g/mol. The number of nitrogens with one attached hydrogen (secondary N) is 1. The molecule has 0 fully saturated rings. The van der Waals surface area contributed by atoms with Gasteiger partial charge >= 0.3 is 5.97 Å². The molecule has 0 bridgehead atoms. The molecule has 8 nitrogen and oxygen atoms in total. The largest absolute Gasteiger partial charge is 0.464 e. The van der Waals surface area contributed by atoms with Crippen molar-refractivity contribution in [3.63, 3.8) is 0 Å². The Morgan fingerprint density at radius 2 is 1.80 bits per heavy atom. The van der Waals surface area contributed by atoms with Crippen LogP contribution >= 0.6 is 11.8 Å². The van der Waals surface area contributed by atoms with E-state index >= 15 is 0 Å². The van der Waals surface area contributed by atoms with Crippen LogP contribution in [0.1, 0.15) is 0 Å². The topological polar surface area (TPSA) is 94.3 Å². The van der Waals surface area contributed by atoms with E-state index in [0.29, 0.717) is 5.16 Å². The fourth-order valence-electron chi connectivity index (χ4n) is 1.89. The molecule has 0 unspecified atom stereocenters. The molecule has 0 aliphatic heterocycles. The summed E-state index contributed by atoms with van der Waals surface area (Å²) in [5.41, 5.74) is 4.34. The highest BCUT2D eigenvalue weighted by atomic mass is 32.2. The SMILES string of the molecule is COC(=O)/C(=N/Nc1ccccc1)Sc1nnnn1-c1ccccc1. The van der Waals surface area contributed by atoms with E-state index < -0.39 is 5.97 Å². The lowest BCUT2D eigenvalue weighted by Gasteiger charge is -2.06. The fraction of sp³-hybridized carbons (Fsp3) is 0.0625. The van der Waals surface area contributed by atoms with Gasteiger partial charge in [0.2, 0.25) is 10.2 Å². The lowest BCUT2D eigenvalue weighted by atomic mass is 10.3. The van der Waals surface area contributed by atoms with Crippen LogP contribution in [-0.2, 0) is 9.53 Å². The van der Waals surface area contributed by atoms with Crippen molar-refractivity contribution in [2.75, 3.05) is 12.5 Å². The number of ether oxygens (including phenoxy) is 1. The Morgan fingerprint density at radius 3 is 2.48 bits per heavy atom. The number of methoxy groups -OCH3 is 1. The molecule has 126 valence electrons. The zero-order valence-corrected chi connectivity index (χ0v) is 14.1. The van der Waals surface area contributed by atoms with Gasteiger partial charge < -0.3 is 4.74 Å². The molecular weight excluding hydrogens is 340 g/mol. The molecule has 0 amide bonds. The number of para-hydroxylation sites is 2. The van der Waals surface area contributed by atoms with Crippen LogP contribution in [0.15, 0.2) is 70.9 Å². The molecule has 0 aliphatic carbocycles. The third kappa shape index (κ3) is 4.21. The van der Waals surface area contributed by atoms with Crippen LogP contribution in [0, 0.1) is 0 Å². The first-order chi connectivity index (χ1) is 12.3. The summed E-state index contributed by atoms with van der Waals surface area (Å²) < 4.78 is 6.31. The third-order valence-corrected chi connectivity index (χ3v) is 3.94. The number of carbonyl (C=O) groups is 1. The summed E-state index contributed by atoms with van der Waals surface area (Å²) >= 11 is 1.01. The van der Waals surface area contributed by atoms with Crippen molar-refractivity contribution in [2.24, 2.45) is 5.10 Å². The van der Waals surface area contributed by atoms with Gasteiger partial charge in [0, 0.05) is 0 Å². The molecule has 0 aliphatic rings. The molecule has 1 aromatic heterocycles. The fourth-order valence-corrected chi connectivity index (χ4v) is 2.62. The van der Waals surface area contributed by atoms with Gasteiger partial charge in [-0.15, -0.1) is 5.10 Å². The van der Waals surface area contributed by atoms with Crippen LogP contribution in [0.5, 0.6) is 0 Å². The molecule has 0 spiro atoms. The summed E-state index contributed by atoms with van der Waals surface area (Å²) in [7, 11) is 1.29. The number of hydrogen-bond donors (Lipinski definition) is 1. The maximum atomic E-state index is 12.0. The van der Waals surface area contributed by atoms with Crippen molar-refractivity contribution in [1.29, 1.82) is 0 Å². The molecule has 1 heterocycles. The highest BCUT2D eigenvalue weighted by molar-refractivity contribution is 8.15. The number of anilines is 1. The van der Waals surface area contributed by atoms with Crippen LogP contribution in [0.3, 0.4) is 0 Å². The Morgan fingerprint density at radius 1 is 1.12 bits per heavy atom. The number of tetrazole rings is 1. The van der Waals surface area contributed by atoms with Gasteiger partial charge in [-0.3, -0.25) is 5.43 Å². The van der Waals surface area contributed by atoms with Crippen LogP contribution in [-0.4, -0.2) is 38.3 Å². The number of hydrazone groups is 1. The Kier molecular flexibility index (Phi) is 5.37. The second kappa shape index (κ2) is 8.06. The van der Waals surface area contributed by atoms with E-state index in [0.717, 1.165) is 23.1 Å². The number of rotatable bonds is 4. The van der Waals surface area contributed by atoms with Gasteiger partial charge in [0.15, 0.2) is 0 Å². The molecule has 9 heteroatoms. The van der Waals surface area contributed by atoms with Crippen molar-refractivity contribution in [3.05, 3.63) is 60.7 Å². The van der Waals surface area contributed by atoms with Crippen LogP contribution < -0.4 is 5.43 Å². The van der Waals surface area contributed by atoms with Gasteiger partial charge in [-0.2, -0.15) is 9.78 Å². The molecule has 2 aromatic carbocycles. The van der Waals surface area contributed by atoms with Gasteiger partial charge in [0.05, 0.1) is 18.5 Å². The zero-order chi connectivity index (χ0) is 17.5. The molecule has 0 saturated carbocycles. The van der Waals surface area contributed by atoms with E-state index in [4.69, 9.17) is 4.74 Å². The number of benzene rings is 2. The first kappa shape index (κ1) is 16.7. The van der Waals surface area contributed by atoms with Crippen molar-refractivity contribution < 1.29 is 9.53 Å². The average molecular weight is 354 g/mol. The average Bonchev–Trinajstić information content (AvgIpc) is 3.14. The maximum Gasteiger partial charge on any atom is 0.365 e. The lowest BCUT2D eigenvalue weighted by molar-refractivity contribution is -0.132. The van der Waals surface area contributed by atoms with E-state index in [1.54, 1.807) is 0 Å². The second-order valence-corrected chi connectivity index (χ2v) is 5.65. The minimum Gasteiger partial charge on any atom is -0.464 e. The molecule has 1 N–H and O–H groups in total. The number of thioether (sulfide) groups is 1. The first-order valence-corrected chi connectivity index (χ1v) is 8.08. The standard InChI is InChI=1S/C16H14N6O2S/c1-24-15(23)14(18-17-12-8-4-2-5-9-12)25-16-19-20-21-22(16)13-10-6-3-7-11-13/h2-11,17H,1H3/b18-14-. The quantitative estimate of drug-likeness (QED) is 0.253. The van der Waals surface area contributed by atoms with Gasteiger partial charge in [0.1, 0.15) is 0 Å². The van der Waals surface area contributed by atoms with Crippen molar-refractivity contribution in [1.82, 2.24) is 20.2 Å². The first-order valence-electron chi connectivity index (χ1n) is 7.26. The predicted octanol–water partition coefficient (Wildman–Crippen LogP) is 2.35. The molecule has 3 rings (SSSR count). The predicted molar refractivity (Wildman–Crippen MR) is 94.5 cm³/mol. The summed E-state index contributed by atoms with van der Waals surface area (Å²) in [6.07, 6.45) is 0. The van der Waals surface area contributed by atoms with Crippen molar-refractivity contribution >= 4 is 28.5 Å². The van der Waals surface area contributed by atoms with Crippen LogP contribution in [0.2, 0.25) is 0 Å². The summed E-state index contributed by atoms with van der Waals surface area (Å²) in [4.78, 5) is 12.0. The molecule has 0 saturated heterocycles. The highest BCUT2D eigenvalue weighted by Crippen LogP contribution is 2.20. The smallest absolute Gasteiger partial charge is 0.365 e. The summed E-state index contributed by atoms with van der Waals surface area (Å²) in [5, 5.41) is 16.2. The number of aromatic nitrogens is 4. The van der Waals surface area contributed by atoms with E-state index in [-0.39, 0.29) is 5.04 Å². The Hall–Kier alpha value is -3.20. The van der Waals surface area contributed by atoms with E-state index in [1.807, 2.05) is 60.7 Å². The number of hydrogen-bond acceptors (Lipinski definition) is 8. The Bertz CT molecular complexity index is 867. The third-order valence-electron chi connectivity index (χ3n) is 3.05. The Balaban J connectivity index is 1.85. The number of nitrogens with zero attached hydrogens (tertiary/aromatic N) is 5. The second-order valence-electron chi connectivity index (χ2n) is 4.70. The summed E-state index contributed by atoms with van der Waals surface area (Å²) in [5.74, 6) is -0.587. The van der Waals surface area contributed by atoms with Gasteiger partial charge in [-0.1, -0.05) is 36.4 Å². The van der Waals surface area contributed by atoms with Crippen LogP contribution in [0.4, 0.5) is 5.69 Å². The van der Waals surface area contributed by atoms with E-state index in [1.165, 1.54) is 11.8 Å². The van der Waals surface area contributed by atoms with Crippen molar-refractivity contribution in [3.8, 4) is 5.69 Å². The molecular formula is C16H14N6O2S. The van der Waals surface area contributed by atoms with E-state index in [2.05, 4.69) is 26.1 Å². The number of carbonyl (C=O) groups excluding carboxylic acids is 1.